The lowest BCUT2D eigenvalue weighted by Gasteiger charge is -2.36. The summed E-state index contributed by atoms with van der Waals surface area (Å²) in [5.41, 5.74) is 1.51. The number of ether oxygens (including phenoxy) is 1. The maximum atomic E-state index is 13.7. The highest BCUT2D eigenvalue weighted by Crippen LogP contribution is 2.28. The van der Waals surface area contributed by atoms with Crippen LogP contribution in [0.5, 0.6) is 0 Å². The Hall–Kier alpha value is -3.52. The summed E-state index contributed by atoms with van der Waals surface area (Å²) in [5.74, 6) is -1.36. The van der Waals surface area contributed by atoms with Gasteiger partial charge in [0, 0.05) is 39.1 Å². The monoisotopic (exact) mass is 463 g/mol. The predicted molar refractivity (Wildman–Crippen MR) is 125 cm³/mol. The lowest BCUT2D eigenvalue weighted by molar-refractivity contribution is -0.139. The number of hydrogen-bond donors (Lipinski definition) is 1. The number of amides is 4. The largest absolute Gasteiger partial charge is 0.383 e. The van der Waals surface area contributed by atoms with Crippen molar-refractivity contribution >= 4 is 23.6 Å². The highest BCUT2D eigenvalue weighted by Gasteiger charge is 2.44. The predicted octanol–water partition coefficient (Wildman–Crippen LogP) is 1.90. The molecule has 4 rings (SSSR count). The summed E-state index contributed by atoms with van der Waals surface area (Å²) in [7, 11) is 1.58. The van der Waals surface area contributed by atoms with Crippen molar-refractivity contribution in [3.05, 3.63) is 71.3 Å². The summed E-state index contributed by atoms with van der Waals surface area (Å²) < 4.78 is 4.97. The number of carbonyl (C=O) groups excluding carboxylic acids is 4. The van der Waals surface area contributed by atoms with E-state index in [9.17, 15) is 19.2 Å². The number of fused-ring (bicyclic) bond motifs is 1. The van der Waals surface area contributed by atoms with Crippen LogP contribution in [0.3, 0.4) is 0 Å². The van der Waals surface area contributed by atoms with E-state index < -0.39 is 17.9 Å². The van der Waals surface area contributed by atoms with Crippen LogP contribution in [0.25, 0.3) is 0 Å². The number of methoxy groups -OCH3 is 1. The molecule has 0 radical (unpaired) electrons. The molecule has 2 heterocycles. The van der Waals surface area contributed by atoms with Crippen LogP contribution in [0.15, 0.2) is 54.6 Å². The molecule has 0 aromatic heterocycles. The van der Waals surface area contributed by atoms with E-state index >= 15 is 0 Å². The molecule has 8 nitrogen and oxygen atoms in total. The molecule has 0 aliphatic carbocycles. The van der Waals surface area contributed by atoms with E-state index in [1.165, 1.54) is 0 Å². The molecule has 1 saturated heterocycles. The van der Waals surface area contributed by atoms with Gasteiger partial charge in [-0.15, -0.1) is 0 Å². The summed E-state index contributed by atoms with van der Waals surface area (Å²) in [5, 5.41) is 2.85. The minimum absolute atomic E-state index is 0.0367. The number of hydrogen-bond acceptors (Lipinski definition) is 5. The molecule has 4 amide bonds. The van der Waals surface area contributed by atoms with Crippen LogP contribution < -0.4 is 5.32 Å². The normalized spacial score (nSPS) is 17.0. The number of nitrogens with zero attached hydrogens (tertiary/aromatic N) is 2. The van der Waals surface area contributed by atoms with Crippen molar-refractivity contribution in [2.75, 3.05) is 33.4 Å². The van der Waals surface area contributed by atoms with Gasteiger partial charge in [0.25, 0.3) is 11.8 Å². The molecule has 2 aromatic rings. The maximum Gasteiger partial charge on any atom is 0.262 e. The smallest absolute Gasteiger partial charge is 0.262 e. The van der Waals surface area contributed by atoms with E-state index in [1.54, 1.807) is 36.3 Å². The summed E-state index contributed by atoms with van der Waals surface area (Å²) in [4.78, 5) is 55.2. The minimum atomic E-state index is -0.943. The van der Waals surface area contributed by atoms with E-state index in [4.69, 9.17) is 4.74 Å². The van der Waals surface area contributed by atoms with Crippen molar-refractivity contribution in [1.29, 1.82) is 0 Å². The Morgan fingerprint density at radius 1 is 0.971 bits per heavy atom. The molecule has 0 unspecified atom stereocenters. The Bertz CT molecular complexity index is 1030. The van der Waals surface area contributed by atoms with Crippen molar-refractivity contribution in [2.45, 2.75) is 25.3 Å². The molecule has 1 N–H and O–H groups in total. The summed E-state index contributed by atoms with van der Waals surface area (Å²) in [6.45, 7) is 1.70. The summed E-state index contributed by atoms with van der Waals surface area (Å²) >= 11 is 0. The Morgan fingerprint density at radius 2 is 1.56 bits per heavy atom. The van der Waals surface area contributed by atoms with Crippen LogP contribution in [-0.2, 0) is 20.7 Å². The van der Waals surface area contributed by atoms with Gasteiger partial charge in [0.1, 0.15) is 6.04 Å². The van der Waals surface area contributed by atoms with Gasteiger partial charge < -0.3 is 15.0 Å². The quantitative estimate of drug-likeness (QED) is 0.477. The highest BCUT2D eigenvalue weighted by atomic mass is 16.5. The van der Waals surface area contributed by atoms with E-state index in [2.05, 4.69) is 5.32 Å². The number of rotatable bonds is 8. The van der Waals surface area contributed by atoms with E-state index in [0.717, 1.165) is 10.5 Å². The van der Waals surface area contributed by atoms with E-state index in [-0.39, 0.29) is 24.2 Å². The lowest BCUT2D eigenvalue weighted by Crippen LogP contribution is -2.54. The first-order valence-corrected chi connectivity index (χ1v) is 11.6. The Labute approximate surface area is 198 Å². The number of piperidine rings is 1. The molecule has 1 atom stereocenters. The number of nitrogens with one attached hydrogen (secondary N) is 1. The van der Waals surface area contributed by atoms with Crippen molar-refractivity contribution in [3.8, 4) is 0 Å². The standard InChI is InChI=1S/C26H29N3O5/c1-34-16-13-27-23(30)19-11-14-28(15-12-19)26(33)22(17-18-7-3-2-4-8-18)29-24(31)20-9-5-6-10-21(20)25(29)32/h2-10,19,22H,11-17H2,1H3,(H,27,30)/t22-/m1/s1. The molecule has 34 heavy (non-hydrogen) atoms. The molecular formula is C26H29N3O5. The molecule has 0 saturated carbocycles. The minimum Gasteiger partial charge on any atom is -0.383 e. The van der Waals surface area contributed by atoms with Gasteiger partial charge in [0.15, 0.2) is 0 Å². The van der Waals surface area contributed by atoms with Crippen molar-refractivity contribution < 1.29 is 23.9 Å². The first-order valence-electron chi connectivity index (χ1n) is 11.6. The molecule has 2 aliphatic rings. The summed E-state index contributed by atoms with van der Waals surface area (Å²) in [6.07, 6.45) is 1.30. The lowest BCUT2D eigenvalue weighted by atomic mass is 9.94. The van der Waals surface area contributed by atoms with Gasteiger partial charge in [-0.25, -0.2) is 0 Å². The second kappa shape index (κ2) is 10.6. The number of benzene rings is 2. The number of imide groups is 1. The zero-order valence-corrected chi connectivity index (χ0v) is 19.2. The van der Waals surface area contributed by atoms with Crippen LogP contribution in [0.1, 0.15) is 39.1 Å². The van der Waals surface area contributed by atoms with Gasteiger partial charge in [-0.3, -0.25) is 24.1 Å². The van der Waals surface area contributed by atoms with Gasteiger partial charge >= 0.3 is 0 Å². The SMILES string of the molecule is COCCNC(=O)C1CCN(C(=O)[C@@H](Cc2ccccc2)N2C(=O)c3ccccc3C2=O)CC1. The third kappa shape index (κ3) is 4.87. The van der Waals surface area contributed by atoms with Crippen molar-refractivity contribution in [3.63, 3.8) is 0 Å². The van der Waals surface area contributed by atoms with Gasteiger partial charge in [-0.2, -0.15) is 0 Å². The topological polar surface area (TPSA) is 96.0 Å². The zero-order valence-electron chi connectivity index (χ0n) is 19.2. The summed E-state index contributed by atoms with van der Waals surface area (Å²) in [6, 6.07) is 15.1. The van der Waals surface area contributed by atoms with Gasteiger partial charge in [-0.1, -0.05) is 42.5 Å². The fraction of sp³-hybridized carbons (Fsp3) is 0.385. The van der Waals surface area contributed by atoms with Gasteiger partial charge in [-0.05, 0) is 30.5 Å². The van der Waals surface area contributed by atoms with E-state index in [0.29, 0.717) is 50.2 Å². The van der Waals surface area contributed by atoms with Crippen LogP contribution in [0.4, 0.5) is 0 Å². The second-order valence-electron chi connectivity index (χ2n) is 8.61. The van der Waals surface area contributed by atoms with Gasteiger partial charge in [0.05, 0.1) is 17.7 Å². The van der Waals surface area contributed by atoms with Gasteiger partial charge in [0.2, 0.25) is 11.8 Å². The Kier molecular flexibility index (Phi) is 7.37. The molecule has 2 aliphatic heterocycles. The fourth-order valence-corrected chi connectivity index (χ4v) is 4.61. The molecule has 1 fully saturated rings. The average molecular weight is 464 g/mol. The number of likely N-dealkylation sites (tertiary alicyclic amines) is 1. The van der Waals surface area contributed by atoms with Crippen LogP contribution in [-0.4, -0.2) is 72.8 Å². The molecule has 0 bridgehead atoms. The third-order valence-electron chi connectivity index (χ3n) is 6.48. The molecule has 8 heteroatoms. The Morgan fingerprint density at radius 3 is 2.15 bits per heavy atom. The van der Waals surface area contributed by atoms with Crippen LogP contribution in [0.2, 0.25) is 0 Å². The molecule has 178 valence electrons. The molecule has 2 aromatic carbocycles. The van der Waals surface area contributed by atoms with E-state index in [1.807, 2.05) is 30.3 Å². The highest BCUT2D eigenvalue weighted by molar-refractivity contribution is 6.22. The van der Waals surface area contributed by atoms with Crippen LogP contribution in [0, 0.1) is 5.92 Å². The fourth-order valence-electron chi connectivity index (χ4n) is 4.61. The maximum absolute atomic E-state index is 13.7. The third-order valence-corrected chi connectivity index (χ3v) is 6.48. The Balaban J connectivity index is 1.50. The first kappa shape index (κ1) is 23.6. The first-order chi connectivity index (χ1) is 16.5. The zero-order chi connectivity index (χ0) is 24.1. The second-order valence-corrected chi connectivity index (χ2v) is 8.61. The number of carbonyl (C=O) groups is 4. The average Bonchev–Trinajstić information content (AvgIpc) is 3.13. The van der Waals surface area contributed by atoms with Crippen LogP contribution >= 0.6 is 0 Å². The van der Waals surface area contributed by atoms with Crippen molar-refractivity contribution in [1.82, 2.24) is 15.1 Å². The molecular weight excluding hydrogens is 434 g/mol. The molecule has 0 spiro atoms. The van der Waals surface area contributed by atoms with Crippen molar-refractivity contribution in [2.24, 2.45) is 5.92 Å².